The van der Waals surface area contributed by atoms with Crippen LogP contribution in [0.3, 0.4) is 0 Å². The van der Waals surface area contributed by atoms with Crippen LogP contribution in [-0.2, 0) is 9.53 Å². The first-order chi connectivity index (χ1) is 9.75. The molecule has 1 heterocycles. The molecule has 2 aromatic rings. The topological polar surface area (TPSA) is 26.3 Å². The third-order valence-electron chi connectivity index (χ3n) is 3.35. The highest BCUT2D eigenvalue weighted by molar-refractivity contribution is 6.51. The molecule has 2 aromatic carbocycles. The first-order valence-electron chi connectivity index (χ1n) is 6.45. The number of rotatable bonds is 2. The average Bonchev–Trinajstić information content (AvgIpc) is 2.90. The first-order valence-corrected chi connectivity index (χ1v) is 6.83. The second-order valence-electron chi connectivity index (χ2n) is 4.67. The second kappa shape index (κ2) is 5.51. The zero-order valence-electron chi connectivity index (χ0n) is 10.8. The van der Waals surface area contributed by atoms with Crippen LogP contribution in [0.15, 0.2) is 66.2 Å². The summed E-state index contributed by atoms with van der Waals surface area (Å²) in [7, 11) is 0. The van der Waals surface area contributed by atoms with Gasteiger partial charge in [-0.3, -0.25) is 0 Å². The summed E-state index contributed by atoms with van der Waals surface area (Å²) in [6.07, 6.45) is 0.271. The zero-order chi connectivity index (χ0) is 13.9. The van der Waals surface area contributed by atoms with Crippen LogP contribution in [0.2, 0.25) is 0 Å². The maximum Gasteiger partial charge on any atom is 0.336 e. The number of carbonyl (C=O) groups excluding carboxylic acids is 1. The first kappa shape index (κ1) is 12.9. The van der Waals surface area contributed by atoms with E-state index in [1.165, 1.54) is 0 Å². The van der Waals surface area contributed by atoms with Crippen molar-refractivity contribution in [2.75, 3.05) is 0 Å². The van der Waals surface area contributed by atoms with Gasteiger partial charge in [-0.05, 0) is 11.1 Å². The largest absolute Gasteiger partial charge is 0.454 e. The maximum absolute atomic E-state index is 12.0. The Hall–Kier alpha value is -2.06. The van der Waals surface area contributed by atoms with Crippen molar-refractivity contribution in [2.24, 2.45) is 0 Å². The van der Waals surface area contributed by atoms with Crippen LogP contribution in [0.5, 0.6) is 0 Å². The Morgan fingerprint density at radius 1 is 1.00 bits per heavy atom. The molecule has 2 nitrogen and oxygen atoms in total. The normalized spacial score (nSPS) is 20.6. The molecule has 0 bridgehead atoms. The van der Waals surface area contributed by atoms with Gasteiger partial charge in [0.15, 0.2) is 0 Å². The lowest BCUT2D eigenvalue weighted by atomic mass is 10.0. The number of halogens is 1. The molecule has 0 N–H and O–H groups in total. The second-order valence-corrected chi connectivity index (χ2v) is 5.05. The highest BCUT2D eigenvalue weighted by Gasteiger charge is 2.32. The van der Waals surface area contributed by atoms with Gasteiger partial charge in [0.1, 0.15) is 6.10 Å². The molecule has 0 spiro atoms. The van der Waals surface area contributed by atoms with Gasteiger partial charge in [-0.1, -0.05) is 72.3 Å². The van der Waals surface area contributed by atoms with E-state index in [1.807, 2.05) is 60.7 Å². The summed E-state index contributed by atoms with van der Waals surface area (Å²) in [5, 5.41) is 0.481. The third-order valence-corrected chi connectivity index (χ3v) is 3.80. The minimum Gasteiger partial charge on any atom is -0.454 e. The molecular formula is C17H13ClO2. The molecule has 20 heavy (non-hydrogen) atoms. The van der Waals surface area contributed by atoms with Crippen LogP contribution in [0.25, 0.3) is 5.03 Å². The standard InChI is InChI=1S/C17H13ClO2/c18-16(13-9-5-2-6-10-13)14-11-15(20-17(14)19)12-7-3-1-4-8-12/h1-10,15H,11H2/b16-14+. The lowest BCUT2D eigenvalue weighted by molar-refractivity contribution is -0.139. The number of carbonyl (C=O) groups is 1. The SMILES string of the molecule is O=C1OC(c2ccccc2)C/C1=C(\Cl)c1ccccc1. The van der Waals surface area contributed by atoms with Crippen molar-refractivity contribution >= 4 is 22.6 Å². The monoisotopic (exact) mass is 284 g/mol. The van der Waals surface area contributed by atoms with Crippen LogP contribution in [-0.4, -0.2) is 5.97 Å². The number of hydrogen-bond donors (Lipinski definition) is 0. The number of hydrogen-bond acceptors (Lipinski definition) is 2. The predicted molar refractivity (Wildman–Crippen MR) is 79.1 cm³/mol. The molecular weight excluding hydrogens is 272 g/mol. The number of ether oxygens (including phenoxy) is 1. The van der Waals surface area contributed by atoms with Crippen LogP contribution < -0.4 is 0 Å². The molecule has 1 aliphatic heterocycles. The van der Waals surface area contributed by atoms with Gasteiger partial charge in [0, 0.05) is 6.42 Å². The summed E-state index contributed by atoms with van der Waals surface area (Å²) in [6.45, 7) is 0. The van der Waals surface area contributed by atoms with Crippen molar-refractivity contribution in [1.82, 2.24) is 0 Å². The van der Waals surface area contributed by atoms with Gasteiger partial charge >= 0.3 is 5.97 Å². The van der Waals surface area contributed by atoms with E-state index in [0.29, 0.717) is 17.0 Å². The van der Waals surface area contributed by atoms with Gasteiger partial charge in [0.05, 0.1) is 10.6 Å². The van der Waals surface area contributed by atoms with Gasteiger partial charge in [-0.2, -0.15) is 0 Å². The Kier molecular flexibility index (Phi) is 3.57. The van der Waals surface area contributed by atoms with E-state index in [2.05, 4.69) is 0 Å². The van der Waals surface area contributed by atoms with Crippen LogP contribution in [0, 0.1) is 0 Å². The Labute approximate surface area is 122 Å². The molecule has 0 saturated carbocycles. The summed E-state index contributed by atoms with van der Waals surface area (Å²) in [6, 6.07) is 19.2. The molecule has 3 rings (SSSR count). The molecule has 3 heteroatoms. The molecule has 1 unspecified atom stereocenters. The fraction of sp³-hybridized carbons (Fsp3) is 0.118. The lowest BCUT2D eigenvalue weighted by Crippen LogP contribution is -1.99. The Balaban J connectivity index is 1.91. The average molecular weight is 285 g/mol. The molecule has 0 radical (unpaired) electrons. The summed E-state index contributed by atoms with van der Waals surface area (Å²) in [5.41, 5.74) is 2.38. The van der Waals surface area contributed by atoms with Crippen molar-refractivity contribution in [3.8, 4) is 0 Å². The van der Waals surface area contributed by atoms with Gasteiger partial charge in [-0.25, -0.2) is 4.79 Å². The molecule has 0 aliphatic carbocycles. The quantitative estimate of drug-likeness (QED) is 0.606. The van der Waals surface area contributed by atoms with Crippen LogP contribution in [0.1, 0.15) is 23.7 Å². The summed E-state index contributed by atoms with van der Waals surface area (Å²) in [4.78, 5) is 12.0. The summed E-state index contributed by atoms with van der Waals surface area (Å²) >= 11 is 6.34. The molecule has 1 saturated heterocycles. The summed E-state index contributed by atoms with van der Waals surface area (Å²) in [5.74, 6) is -0.326. The van der Waals surface area contributed by atoms with Crippen LogP contribution >= 0.6 is 11.6 Å². The third kappa shape index (κ3) is 2.47. The van der Waals surface area contributed by atoms with E-state index in [1.54, 1.807) is 0 Å². The highest BCUT2D eigenvalue weighted by Crippen LogP contribution is 2.38. The molecule has 1 fully saturated rings. The zero-order valence-corrected chi connectivity index (χ0v) is 11.5. The van der Waals surface area contributed by atoms with Crippen molar-refractivity contribution < 1.29 is 9.53 Å². The van der Waals surface area contributed by atoms with E-state index in [9.17, 15) is 4.79 Å². The molecule has 100 valence electrons. The van der Waals surface area contributed by atoms with Crippen molar-refractivity contribution in [3.05, 3.63) is 77.4 Å². The van der Waals surface area contributed by atoms with E-state index in [-0.39, 0.29) is 12.1 Å². The van der Waals surface area contributed by atoms with Gasteiger partial charge < -0.3 is 4.74 Å². The van der Waals surface area contributed by atoms with Crippen LogP contribution in [0.4, 0.5) is 0 Å². The fourth-order valence-electron chi connectivity index (χ4n) is 2.30. The highest BCUT2D eigenvalue weighted by atomic mass is 35.5. The van der Waals surface area contributed by atoms with E-state index in [4.69, 9.17) is 16.3 Å². The Morgan fingerprint density at radius 3 is 2.25 bits per heavy atom. The van der Waals surface area contributed by atoms with Gasteiger partial charge in [0.2, 0.25) is 0 Å². The number of cyclic esters (lactones) is 1. The minimum absolute atomic E-state index is 0.240. The molecule has 0 aromatic heterocycles. The Morgan fingerprint density at radius 2 is 1.60 bits per heavy atom. The smallest absolute Gasteiger partial charge is 0.336 e. The molecule has 0 amide bonds. The minimum atomic E-state index is -0.326. The summed E-state index contributed by atoms with van der Waals surface area (Å²) < 4.78 is 5.42. The lowest BCUT2D eigenvalue weighted by Gasteiger charge is -2.07. The van der Waals surface area contributed by atoms with Crippen molar-refractivity contribution in [2.45, 2.75) is 12.5 Å². The fourth-order valence-corrected chi connectivity index (χ4v) is 2.58. The van der Waals surface area contributed by atoms with Gasteiger partial charge in [0.25, 0.3) is 0 Å². The van der Waals surface area contributed by atoms with Crippen molar-refractivity contribution in [1.29, 1.82) is 0 Å². The van der Waals surface area contributed by atoms with E-state index in [0.717, 1.165) is 11.1 Å². The Bertz CT molecular complexity index is 647. The van der Waals surface area contributed by atoms with Crippen molar-refractivity contribution in [3.63, 3.8) is 0 Å². The number of benzene rings is 2. The van der Waals surface area contributed by atoms with Gasteiger partial charge in [-0.15, -0.1) is 0 Å². The molecule has 1 atom stereocenters. The maximum atomic E-state index is 12.0. The number of esters is 1. The van der Waals surface area contributed by atoms with E-state index >= 15 is 0 Å². The van der Waals surface area contributed by atoms with E-state index < -0.39 is 0 Å². The molecule has 1 aliphatic rings. The predicted octanol–water partition coefficient (Wildman–Crippen LogP) is 4.32.